The maximum Gasteiger partial charge on any atom is 0.276 e. The summed E-state index contributed by atoms with van der Waals surface area (Å²) >= 11 is 1.48. The lowest BCUT2D eigenvalue weighted by Gasteiger charge is -2.05. The first-order chi connectivity index (χ1) is 9.62. The Morgan fingerprint density at radius 3 is 2.65 bits per heavy atom. The number of benzene rings is 1. The SMILES string of the molecule is CCOc1ccc(S(=O)(=O)NN=Cc2cccs2)cc1. The van der Waals surface area contributed by atoms with E-state index < -0.39 is 10.0 Å². The lowest BCUT2D eigenvalue weighted by Crippen LogP contribution is -2.18. The van der Waals surface area contributed by atoms with Gasteiger partial charge in [-0.05, 0) is 42.6 Å². The summed E-state index contributed by atoms with van der Waals surface area (Å²) in [6.45, 7) is 2.40. The van der Waals surface area contributed by atoms with Crippen molar-refractivity contribution in [3.63, 3.8) is 0 Å². The maximum absolute atomic E-state index is 12.0. The van der Waals surface area contributed by atoms with E-state index in [0.717, 1.165) is 4.88 Å². The van der Waals surface area contributed by atoms with Gasteiger partial charge in [-0.15, -0.1) is 11.3 Å². The molecule has 7 heteroatoms. The van der Waals surface area contributed by atoms with Gasteiger partial charge in [0.05, 0.1) is 17.7 Å². The van der Waals surface area contributed by atoms with E-state index in [9.17, 15) is 8.42 Å². The van der Waals surface area contributed by atoms with Crippen LogP contribution >= 0.6 is 11.3 Å². The second-order valence-corrected chi connectivity index (χ2v) is 6.41. The van der Waals surface area contributed by atoms with Crippen LogP contribution in [0.5, 0.6) is 5.75 Å². The van der Waals surface area contributed by atoms with Gasteiger partial charge in [0, 0.05) is 4.88 Å². The molecule has 0 saturated heterocycles. The first-order valence-corrected chi connectivity index (χ1v) is 8.29. The standard InChI is InChI=1S/C13H14N2O3S2/c1-2-18-11-5-7-13(8-6-11)20(16,17)15-14-10-12-4-3-9-19-12/h3-10,15H,2H2,1H3. The molecular weight excluding hydrogens is 296 g/mol. The van der Waals surface area contributed by atoms with Gasteiger partial charge in [0.1, 0.15) is 5.75 Å². The summed E-state index contributed by atoms with van der Waals surface area (Å²) in [5, 5.41) is 5.63. The molecule has 0 amide bonds. The molecule has 20 heavy (non-hydrogen) atoms. The average Bonchev–Trinajstić information content (AvgIpc) is 2.93. The third-order valence-corrected chi connectivity index (χ3v) is 4.40. The predicted octanol–water partition coefficient (Wildman–Crippen LogP) is 2.46. The summed E-state index contributed by atoms with van der Waals surface area (Å²) in [5.74, 6) is 0.633. The number of thiophene rings is 1. The van der Waals surface area contributed by atoms with Crippen LogP contribution in [-0.2, 0) is 10.0 Å². The molecule has 0 unspecified atom stereocenters. The topological polar surface area (TPSA) is 67.8 Å². The zero-order chi connectivity index (χ0) is 14.4. The second kappa shape index (κ2) is 6.53. The maximum atomic E-state index is 12.0. The molecule has 0 fully saturated rings. The average molecular weight is 310 g/mol. The van der Waals surface area contributed by atoms with Crippen molar-refractivity contribution in [2.24, 2.45) is 5.10 Å². The van der Waals surface area contributed by atoms with E-state index in [0.29, 0.717) is 12.4 Å². The van der Waals surface area contributed by atoms with Crippen LogP contribution < -0.4 is 9.57 Å². The Balaban J connectivity index is 2.06. The van der Waals surface area contributed by atoms with Gasteiger partial charge in [0.25, 0.3) is 10.0 Å². The number of hydrogen-bond acceptors (Lipinski definition) is 5. The Kier molecular flexibility index (Phi) is 4.75. The summed E-state index contributed by atoms with van der Waals surface area (Å²) in [4.78, 5) is 3.19. The van der Waals surface area contributed by atoms with Gasteiger partial charge in [-0.25, -0.2) is 4.83 Å². The minimum atomic E-state index is -3.64. The van der Waals surface area contributed by atoms with Crippen LogP contribution in [-0.4, -0.2) is 21.2 Å². The normalized spacial score (nSPS) is 11.7. The van der Waals surface area contributed by atoms with Crippen molar-refractivity contribution >= 4 is 27.6 Å². The molecule has 0 bridgehead atoms. The molecule has 2 rings (SSSR count). The summed E-state index contributed by atoms with van der Waals surface area (Å²) in [6, 6.07) is 9.90. The molecular formula is C13H14N2O3S2. The monoisotopic (exact) mass is 310 g/mol. The fourth-order valence-electron chi connectivity index (χ4n) is 1.46. The van der Waals surface area contributed by atoms with Crippen LogP contribution in [0.2, 0.25) is 0 Å². The third-order valence-electron chi connectivity index (χ3n) is 2.35. The third kappa shape index (κ3) is 3.82. The molecule has 0 saturated carbocycles. The Hall–Kier alpha value is -1.86. The van der Waals surface area contributed by atoms with Crippen LogP contribution in [0.3, 0.4) is 0 Å². The number of rotatable bonds is 6. The Morgan fingerprint density at radius 1 is 1.30 bits per heavy atom. The minimum Gasteiger partial charge on any atom is -0.494 e. The van der Waals surface area contributed by atoms with Gasteiger partial charge in [-0.3, -0.25) is 0 Å². The van der Waals surface area contributed by atoms with Crippen molar-refractivity contribution in [1.29, 1.82) is 0 Å². The summed E-state index contributed by atoms with van der Waals surface area (Å²) < 4.78 is 29.2. The van der Waals surface area contributed by atoms with Crippen LogP contribution in [0.25, 0.3) is 0 Å². The van der Waals surface area contributed by atoms with Crippen molar-refractivity contribution in [2.75, 3.05) is 6.61 Å². The largest absolute Gasteiger partial charge is 0.494 e. The Labute approximate surface area is 122 Å². The summed E-state index contributed by atoms with van der Waals surface area (Å²) in [5.41, 5.74) is 0. The lowest BCUT2D eigenvalue weighted by atomic mass is 10.3. The lowest BCUT2D eigenvalue weighted by molar-refractivity contribution is 0.340. The molecule has 0 aliphatic heterocycles. The molecule has 1 aromatic carbocycles. The van der Waals surface area contributed by atoms with Gasteiger partial charge in [0.2, 0.25) is 0 Å². The van der Waals surface area contributed by atoms with Crippen LogP contribution in [0.1, 0.15) is 11.8 Å². The Bertz CT molecular complexity index is 662. The highest BCUT2D eigenvalue weighted by Gasteiger charge is 2.12. The molecule has 1 N–H and O–H groups in total. The van der Waals surface area contributed by atoms with Crippen molar-refractivity contribution in [3.05, 3.63) is 46.7 Å². The van der Waals surface area contributed by atoms with Crippen LogP contribution in [0.4, 0.5) is 0 Å². The van der Waals surface area contributed by atoms with Crippen molar-refractivity contribution in [3.8, 4) is 5.75 Å². The molecule has 5 nitrogen and oxygen atoms in total. The van der Waals surface area contributed by atoms with Crippen LogP contribution in [0.15, 0.2) is 51.8 Å². The summed E-state index contributed by atoms with van der Waals surface area (Å²) in [6.07, 6.45) is 1.47. The molecule has 0 radical (unpaired) electrons. The van der Waals surface area contributed by atoms with Crippen LogP contribution in [0, 0.1) is 0 Å². The number of sulfonamides is 1. The first-order valence-electron chi connectivity index (χ1n) is 5.93. The highest BCUT2D eigenvalue weighted by atomic mass is 32.2. The number of nitrogens with one attached hydrogen (secondary N) is 1. The quantitative estimate of drug-likeness (QED) is 0.658. The van der Waals surface area contributed by atoms with Gasteiger partial charge in [-0.2, -0.15) is 13.5 Å². The molecule has 2 aromatic rings. The van der Waals surface area contributed by atoms with E-state index >= 15 is 0 Å². The van der Waals surface area contributed by atoms with E-state index in [1.54, 1.807) is 12.1 Å². The molecule has 0 aliphatic rings. The molecule has 1 aromatic heterocycles. The fraction of sp³-hybridized carbons (Fsp3) is 0.154. The molecule has 0 atom stereocenters. The second-order valence-electron chi connectivity index (χ2n) is 3.77. The highest BCUT2D eigenvalue weighted by molar-refractivity contribution is 7.89. The molecule has 0 spiro atoms. The van der Waals surface area contributed by atoms with Crippen molar-refractivity contribution < 1.29 is 13.2 Å². The number of hydrazone groups is 1. The zero-order valence-electron chi connectivity index (χ0n) is 10.8. The molecule has 1 heterocycles. The van der Waals surface area contributed by atoms with E-state index in [-0.39, 0.29) is 4.90 Å². The number of ether oxygens (including phenoxy) is 1. The van der Waals surface area contributed by atoms with E-state index in [4.69, 9.17) is 4.74 Å². The van der Waals surface area contributed by atoms with Crippen molar-refractivity contribution in [1.82, 2.24) is 4.83 Å². The van der Waals surface area contributed by atoms with Gasteiger partial charge < -0.3 is 4.74 Å². The van der Waals surface area contributed by atoms with E-state index in [1.807, 2.05) is 24.4 Å². The van der Waals surface area contributed by atoms with E-state index in [2.05, 4.69) is 9.93 Å². The van der Waals surface area contributed by atoms with E-state index in [1.165, 1.54) is 29.7 Å². The number of hydrogen-bond donors (Lipinski definition) is 1. The van der Waals surface area contributed by atoms with Gasteiger partial charge >= 0.3 is 0 Å². The smallest absolute Gasteiger partial charge is 0.276 e. The Morgan fingerprint density at radius 2 is 2.05 bits per heavy atom. The van der Waals surface area contributed by atoms with Gasteiger partial charge in [0.15, 0.2) is 0 Å². The molecule has 106 valence electrons. The van der Waals surface area contributed by atoms with Crippen molar-refractivity contribution in [2.45, 2.75) is 11.8 Å². The zero-order valence-corrected chi connectivity index (χ0v) is 12.4. The minimum absolute atomic E-state index is 0.143. The van der Waals surface area contributed by atoms with Gasteiger partial charge in [-0.1, -0.05) is 6.07 Å². The highest BCUT2D eigenvalue weighted by Crippen LogP contribution is 2.15. The molecule has 0 aliphatic carbocycles. The number of nitrogens with zero attached hydrogens (tertiary/aromatic N) is 1. The predicted molar refractivity (Wildman–Crippen MR) is 79.8 cm³/mol. The first kappa shape index (κ1) is 14.5. The summed E-state index contributed by atoms with van der Waals surface area (Å²) in [7, 11) is -3.64. The fourth-order valence-corrected chi connectivity index (χ4v) is 2.83.